The van der Waals surface area contributed by atoms with Gasteiger partial charge in [-0.1, -0.05) is 24.3 Å². The third kappa shape index (κ3) is 3.29. The summed E-state index contributed by atoms with van der Waals surface area (Å²) in [6.07, 6.45) is 10.8. The summed E-state index contributed by atoms with van der Waals surface area (Å²) < 4.78 is 18.6. The van der Waals surface area contributed by atoms with Crippen LogP contribution in [0.15, 0.2) is 67.4 Å². The zero-order valence-electron chi connectivity index (χ0n) is 18.8. The minimum atomic E-state index is -0.401. The molecule has 1 aliphatic carbocycles. The molecule has 2 N–H and O–H groups in total. The second-order valence-electron chi connectivity index (χ2n) is 9.20. The Kier molecular flexibility index (Phi) is 4.76. The standard InChI is InChI=1S/C26H25FN6O/c1-32-15-17(13-29-32)20-7-6-19(12-23(20)27)31-25(34)30-18-8-10-26(11-9-18)22-5-3-2-4-21(22)24-14-28-16-33(24)26/h2-7,12-16,18H,8-11H2,1H3,(H2,30,31,34). The van der Waals surface area contributed by atoms with Crippen LogP contribution in [-0.4, -0.2) is 31.4 Å². The summed E-state index contributed by atoms with van der Waals surface area (Å²) in [7, 11) is 1.79. The Morgan fingerprint density at radius 2 is 1.94 bits per heavy atom. The zero-order chi connectivity index (χ0) is 23.3. The van der Waals surface area contributed by atoms with E-state index in [4.69, 9.17) is 0 Å². The van der Waals surface area contributed by atoms with Crippen LogP contribution in [-0.2, 0) is 12.6 Å². The number of nitrogens with one attached hydrogen (secondary N) is 2. The van der Waals surface area contributed by atoms with Crippen molar-refractivity contribution < 1.29 is 9.18 Å². The average molecular weight is 457 g/mol. The van der Waals surface area contributed by atoms with Gasteiger partial charge in [0.15, 0.2) is 0 Å². The molecular weight excluding hydrogens is 431 g/mol. The number of hydrogen-bond donors (Lipinski definition) is 2. The highest BCUT2D eigenvalue weighted by atomic mass is 19.1. The van der Waals surface area contributed by atoms with E-state index in [1.807, 2.05) is 12.5 Å². The third-order valence-corrected chi connectivity index (χ3v) is 7.19. The van der Waals surface area contributed by atoms with E-state index in [1.165, 1.54) is 17.2 Å². The number of benzene rings is 2. The number of rotatable bonds is 3. The number of hydrogen-bond acceptors (Lipinski definition) is 3. The fourth-order valence-corrected chi connectivity index (χ4v) is 5.57. The molecule has 0 radical (unpaired) electrons. The van der Waals surface area contributed by atoms with Crippen molar-refractivity contribution >= 4 is 11.7 Å². The summed E-state index contributed by atoms with van der Waals surface area (Å²) in [6, 6.07) is 13.0. The summed E-state index contributed by atoms with van der Waals surface area (Å²) in [5, 5.41) is 9.93. The average Bonchev–Trinajstić information content (AvgIpc) is 3.54. The van der Waals surface area contributed by atoms with Gasteiger partial charge in [0, 0.05) is 41.7 Å². The van der Waals surface area contributed by atoms with Crippen LogP contribution in [0.5, 0.6) is 0 Å². The predicted molar refractivity (Wildman–Crippen MR) is 128 cm³/mol. The van der Waals surface area contributed by atoms with Gasteiger partial charge in [-0.15, -0.1) is 0 Å². The Bertz CT molecular complexity index is 1380. The quantitative estimate of drug-likeness (QED) is 0.460. The number of nitrogens with zero attached hydrogens (tertiary/aromatic N) is 4. The van der Waals surface area contributed by atoms with Gasteiger partial charge in [0.05, 0.1) is 30.0 Å². The first-order valence-electron chi connectivity index (χ1n) is 11.5. The van der Waals surface area contributed by atoms with E-state index in [0.717, 1.165) is 31.4 Å². The Balaban J connectivity index is 1.11. The van der Waals surface area contributed by atoms with Crippen molar-refractivity contribution in [3.8, 4) is 22.4 Å². The molecule has 1 aliphatic heterocycles. The summed E-state index contributed by atoms with van der Waals surface area (Å²) in [4.78, 5) is 17.0. The number of aryl methyl sites for hydroxylation is 1. The first-order chi connectivity index (χ1) is 16.5. The van der Waals surface area contributed by atoms with Gasteiger partial charge >= 0.3 is 6.03 Å². The van der Waals surface area contributed by atoms with Crippen molar-refractivity contribution in [3.63, 3.8) is 0 Å². The van der Waals surface area contributed by atoms with Crippen LogP contribution in [0.1, 0.15) is 31.2 Å². The van der Waals surface area contributed by atoms with E-state index in [0.29, 0.717) is 16.8 Å². The van der Waals surface area contributed by atoms with Crippen LogP contribution in [0, 0.1) is 5.82 Å². The highest BCUT2D eigenvalue weighted by Gasteiger charge is 2.45. The van der Waals surface area contributed by atoms with Gasteiger partial charge in [0.25, 0.3) is 0 Å². The molecule has 0 unspecified atom stereocenters. The van der Waals surface area contributed by atoms with E-state index in [2.05, 4.69) is 49.5 Å². The minimum absolute atomic E-state index is 0.0601. The van der Waals surface area contributed by atoms with E-state index >= 15 is 0 Å². The molecule has 0 atom stereocenters. The van der Waals surface area contributed by atoms with Gasteiger partial charge in [-0.25, -0.2) is 14.2 Å². The molecule has 2 amide bonds. The fourth-order valence-electron chi connectivity index (χ4n) is 5.57. The van der Waals surface area contributed by atoms with Crippen molar-refractivity contribution in [1.82, 2.24) is 24.6 Å². The minimum Gasteiger partial charge on any atom is -0.335 e. The smallest absolute Gasteiger partial charge is 0.319 e. The van der Waals surface area contributed by atoms with E-state index in [-0.39, 0.29) is 17.6 Å². The first kappa shape index (κ1) is 20.7. The zero-order valence-corrected chi connectivity index (χ0v) is 18.8. The molecule has 1 fully saturated rings. The number of imidazole rings is 1. The molecule has 1 saturated carbocycles. The molecule has 2 aliphatic rings. The maximum Gasteiger partial charge on any atom is 0.319 e. The number of amides is 2. The number of aromatic nitrogens is 4. The second-order valence-corrected chi connectivity index (χ2v) is 9.20. The lowest BCUT2D eigenvalue weighted by molar-refractivity contribution is 0.212. The van der Waals surface area contributed by atoms with Crippen molar-refractivity contribution in [3.05, 3.63) is 78.8 Å². The molecule has 7 nitrogen and oxygen atoms in total. The Morgan fingerprint density at radius 3 is 2.71 bits per heavy atom. The SMILES string of the molecule is Cn1cc(-c2ccc(NC(=O)NC3CCC4(CC3)c3ccccc3-c3cncn34)cc2F)cn1. The van der Waals surface area contributed by atoms with Gasteiger partial charge in [-0.05, 0) is 49.4 Å². The Hall–Kier alpha value is -3.94. The highest BCUT2D eigenvalue weighted by Crippen LogP contribution is 2.50. The number of fused-ring (bicyclic) bond motifs is 5. The van der Waals surface area contributed by atoms with Gasteiger partial charge in [0.1, 0.15) is 5.82 Å². The van der Waals surface area contributed by atoms with Crippen molar-refractivity contribution in [1.29, 1.82) is 0 Å². The van der Waals surface area contributed by atoms with E-state index in [1.54, 1.807) is 36.3 Å². The van der Waals surface area contributed by atoms with Gasteiger partial charge < -0.3 is 15.2 Å². The summed E-state index contributed by atoms with van der Waals surface area (Å²) >= 11 is 0. The molecule has 34 heavy (non-hydrogen) atoms. The topological polar surface area (TPSA) is 76.8 Å². The third-order valence-electron chi connectivity index (χ3n) is 7.19. The number of anilines is 1. The normalized spacial score (nSPS) is 20.7. The number of carbonyl (C=O) groups excluding carboxylic acids is 1. The molecule has 6 rings (SSSR count). The van der Waals surface area contributed by atoms with Crippen LogP contribution < -0.4 is 10.6 Å². The molecule has 4 aromatic rings. The maximum absolute atomic E-state index is 14.6. The molecule has 1 spiro atoms. The summed E-state index contributed by atoms with van der Waals surface area (Å²) in [6.45, 7) is 0. The van der Waals surface area contributed by atoms with Crippen LogP contribution in [0.2, 0.25) is 0 Å². The Morgan fingerprint density at radius 1 is 1.12 bits per heavy atom. The molecular formula is C26H25FN6O. The van der Waals surface area contributed by atoms with Crippen LogP contribution in [0.4, 0.5) is 14.9 Å². The van der Waals surface area contributed by atoms with Gasteiger partial charge in [-0.2, -0.15) is 5.10 Å². The molecule has 0 bridgehead atoms. The second kappa shape index (κ2) is 7.83. The number of carbonyl (C=O) groups is 1. The van der Waals surface area contributed by atoms with Crippen molar-refractivity contribution in [2.24, 2.45) is 7.05 Å². The first-order valence-corrected chi connectivity index (χ1v) is 11.5. The maximum atomic E-state index is 14.6. The van der Waals surface area contributed by atoms with Crippen molar-refractivity contribution in [2.75, 3.05) is 5.32 Å². The monoisotopic (exact) mass is 456 g/mol. The molecule has 3 heterocycles. The molecule has 8 heteroatoms. The van der Waals surface area contributed by atoms with Crippen LogP contribution in [0.3, 0.4) is 0 Å². The van der Waals surface area contributed by atoms with Gasteiger partial charge in [-0.3, -0.25) is 4.68 Å². The Labute approximate surface area is 196 Å². The largest absolute Gasteiger partial charge is 0.335 e. The number of halogens is 1. The highest BCUT2D eigenvalue weighted by molar-refractivity contribution is 5.89. The molecule has 2 aromatic carbocycles. The number of urea groups is 1. The summed E-state index contributed by atoms with van der Waals surface area (Å²) in [5.41, 5.74) is 5.23. The molecule has 2 aromatic heterocycles. The van der Waals surface area contributed by atoms with E-state index < -0.39 is 5.82 Å². The fraction of sp³-hybridized carbons (Fsp3) is 0.269. The lowest BCUT2D eigenvalue weighted by atomic mass is 9.75. The van der Waals surface area contributed by atoms with E-state index in [9.17, 15) is 9.18 Å². The van der Waals surface area contributed by atoms with Crippen LogP contribution >= 0.6 is 0 Å². The molecule has 0 saturated heterocycles. The summed E-state index contributed by atoms with van der Waals surface area (Å²) in [5.74, 6) is -0.401. The molecule has 172 valence electrons. The van der Waals surface area contributed by atoms with Crippen molar-refractivity contribution in [2.45, 2.75) is 37.3 Å². The van der Waals surface area contributed by atoms with Gasteiger partial charge in [0.2, 0.25) is 0 Å². The lowest BCUT2D eigenvalue weighted by Gasteiger charge is -2.39. The predicted octanol–water partition coefficient (Wildman–Crippen LogP) is 4.91. The van der Waals surface area contributed by atoms with Crippen LogP contribution in [0.25, 0.3) is 22.4 Å². The lowest BCUT2D eigenvalue weighted by Crippen LogP contribution is -2.45.